The van der Waals surface area contributed by atoms with Crippen LogP contribution in [0, 0.1) is 0 Å². The number of aromatic nitrogens is 1. The summed E-state index contributed by atoms with van der Waals surface area (Å²) < 4.78 is 5.07. The van der Waals surface area contributed by atoms with Crippen LogP contribution in [0.4, 0.5) is 5.82 Å². The average molecular weight is 206 g/mol. The molecule has 4 nitrogen and oxygen atoms in total. The molecule has 1 heterocycles. The summed E-state index contributed by atoms with van der Waals surface area (Å²) in [5, 5.41) is 2.64. The summed E-state index contributed by atoms with van der Waals surface area (Å²) in [6.07, 6.45) is 1.78. The Morgan fingerprint density at radius 1 is 1.60 bits per heavy atom. The van der Waals surface area contributed by atoms with Gasteiger partial charge >= 0.3 is 0 Å². The van der Waals surface area contributed by atoms with Gasteiger partial charge in [-0.25, -0.2) is 4.98 Å². The third kappa shape index (κ3) is 4.26. The van der Waals surface area contributed by atoms with E-state index in [0.29, 0.717) is 18.2 Å². The third-order valence-corrected chi connectivity index (χ3v) is 1.64. The van der Waals surface area contributed by atoms with Gasteiger partial charge < -0.3 is 10.1 Å². The van der Waals surface area contributed by atoms with Gasteiger partial charge in [-0.2, -0.15) is 0 Å². The average Bonchev–Trinajstić information content (AvgIpc) is 2.19. The first-order valence-electron chi connectivity index (χ1n) is 4.74. The molecule has 1 amide bonds. The van der Waals surface area contributed by atoms with Gasteiger partial charge in [0.2, 0.25) is 5.91 Å². The molecule has 0 aliphatic rings. The molecule has 0 bridgehead atoms. The smallest absolute Gasteiger partial charge is 0.233 e. The van der Waals surface area contributed by atoms with Crippen molar-refractivity contribution in [2.24, 2.45) is 0 Å². The maximum Gasteiger partial charge on any atom is 0.233 e. The highest BCUT2D eigenvalue weighted by Crippen LogP contribution is 2.04. The number of anilines is 1. The third-order valence-electron chi connectivity index (χ3n) is 1.64. The zero-order valence-electron chi connectivity index (χ0n) is 8.69. The van der Waals surface area contributed by atoms with Crippen molar-refractivity contribution >= 4 is 11.7 Å². The molecule has 0 saturated carbocycles. The molecule has 1 N–H and O–H groups in total. The first-order chi connectivity index (χ1) is 7.22. The number of pyridine rings is 1. The highest BCUT2D eigenvalue weighted by molar-refractivity contribution is 5.90. The first kappa shape index (κ1) is 11.2. The molecule has 80 valence electrons. The normalized spacial score (nSPS) is 9.40. The van der Waals surface area contributed by atoms with E-state index >= 15 is 0 Å². The van der Waals surface area contributed by atoms with Crippen LogP contribution in [0.3, 0.4) is 0 Å². The minimum atomic E-state index is -0.174. The second kappa shape index (κ2) is 5.80. The quantitative estimate of drug-likeness (QED) is 0.749. The summed E-state index contributed by atoms with van der Waals surface area (Å²) in [5.74, 6) is 0.824. The molecule has 1 aromatic rings. The molecule has 0 unspecified atom stereocenters. The van der Waals surface area contributed by atoms with Crippen LogP contribution in [0.25, 0.3) is 0 Å². The van der Waals surface area contributed by atoms with Crippen LogP contribution in [-0.2, 0) is 9.53 Å². The fourth-order valence-electron chi connectivity index (χ4n) is 1.06. The van der Waals surface area contributed by atoms with Crippen LogP contribution in [-0.4, -0.2) is 17.5 Å². The molecular formula is C11H14N2O2. The highest BCUT2D eigenvalue weighted by atomic mass is 16.5. The number of ether oxygens (including phenoxy) is 1. The molecule has 0 fully saturated rings. The number of carbonyl (C=O) groups excluding carboxylic acids is 1. The molecule has 4 heteroatoms. The molecule has 0 aromatic carbocycles. The van der Waals surface area contributed by atoms with Crippen LogP contribution in [0.5, 0.6) is 0 Å². The van der Waals surface area contributed by atoms with Crippen LogP contribution in [0.15, 0.2) is 36.7 Å². The van der Waals surface area contributed by atoms with Crippen LogP contribution in [0.1, 0.15) is 13.3 Å². The molecule has 1 rings (SSSR count). The molecule has 0 spiro atoms. The van der Waals surface area contributed by atoms with E-state index in [1.807, 2.05) is 6.92 Å². The Morgan fingerprint density at radius 3 is 3.00 bits per heavy atom. The van der Waals surface area contributed by atoms with Crippen LogP contribution in [0.2, 0.25) is 0 Å². The number of rotatable bonds is 5. The number of amides is 1. The van der Waals surface area contributed by atoms with E-state index in [9.17, 15) is 4.79 Å². The molecule has 0 aliphatic heterocycles. The maximum absolute atomic E-state index is 11.4. The van der Waals surface area contributed by atoms with Gasteiger partial charge in [-0.1, -0.05) is 12.6 Å². The highest BCUT2D eigenvalue weighted by Gasteiger charge is 2.05. The van der Waals surface area contributed by atoms with Crippen LogP contribution < -0.4 is 5.32 Å². The van der Waals surface area contributed by atoms with E-state index in [1.54, 1.807) is 24.4 Å². The molecule has 0 radical (unpaired) electrons. The Morgan fingerprint density at radius 2 is 2.40 bits per heavy atom. The van der Waals surface area contributed by atoms with Crippen molar-refractivity contribution in [2.45, 2.75) is 13.3 Å². The summed E-state index contributed by atoms with van der Waals surface area (Å²) >= 11 is 0. The Balaban J connectivity index is 2.40. The molecule has 0 aliphatic carbocycles. The number of nitrogens with zero attached hydrogens (tertiary/aromatic N) is 1. The zero-order valence-corrected chi connectivity index (χ0v) is 8.69. The van der Waals surface area contributed by atoms with Gasteiger partial charge in [0.15, 0.2) is 0 Å². The Hall–Kier alpha value is -1.84. The lowest BCUT2D eigenvalue weighted by Crippen LogP contribution is -2.13. The fraction of sp³-hybridized carbons (Fsp3) is 0.273. The number of hydrogen-bond acceptors (Lipinski definition) is 3. The minimum Gasteiger partial charge on any atom is -0.498 e. The van der Waals surface area contributed by atoms with E-state index in [-0.39, 0.29) is 12.3 Å². The van der Waals surface area contributed by atoms with Crippen LogP contribution >= 0.6 is 0 Å². The van der Waals surface area contributed by atoms with Gasteiger partial charge in [0, 0.05) is 6.20 Å². The van der Waals surface area contributed by atoms with E-state index in [2.05, 4.69) is 16.9 Å². The maximum atomic E-state index is 11.4. The second-order valence-electron chi connectivity index (χ2n) is 2.91. The van der Waals surface area contributed by atoms with Crippen molar-refractivity contribution in [3.63, 3.8) is 0 Å². The standard InChI is InChI=1S/C11H14N2O2/c1-3-15-9(2)8-11(14)13-10-6-4-5-7-12-10/h4-7H,2-3,8H2,1H3,(H,12,13,14). The number of hydrogen-bond donors (Lipinski definition) is 1. The monoisotopic (exact) mass is 206 g/mol. The summed E-state index contributed by atoms with van der Waals surface area (Å²) in [6.45, 7) is 6.00. The van der Waals surface area contributed by atoms with E-state index in [1.165, 1.54) is 0 Å². The Kier molecular flexibility index (Phi) is 4.34. The predicted molar refractivity (Wildman–Crippen MR) is 58.2 cm³/mol. The summed E-state index contributed by atoms with van der Waals surface area (Å²) in [4.78, 5) is 15.4. The molecule has 15 heavy (non-hydrogen) atoms. The van der Waals surface area contributed by atoms with E-state index in [4.69, 9.17) is 4.74 Å². The van der Waals surface area contributed by atoms with Gasteiger partial charge in [-0.15, -0.1) is 0 Å². The lowest BCUT2D eigenvalue weighted by molar-refractivity contribution is -0.116. The first-order valence-corrected chi connectivity index (χ1v) is 4.74. The molecule has 1 aromatic heterocycles. The van der Waals surface area contributed by atoms with E-state index < -0.39 is 0 Å². The lowest BCUT2D eigenvalue weighted by Gasteiger charge is -2.06. The number of nitrogens with one attached hydrogen (secondary N) is 1. The molecular weight excluding hydrogens is 192 g/mol. The van der Waals surface area contributed by atoms with Gasteiger partial charge in [0.1, 0.15) is 5.82 Å². The summed E-state index contributed by atoms with van der Waals surface area (Å²) in [7, 11) is 0. The topological polar surface area (TPSA) is 51.2 Å². The SMILES string of the molecule is C=C(CC(=O)Nc1ccccn1)OCC. The zero-order chi connectivity index (χ0) is 11.1. The fourth-order valence-corrected chi connectivity index (χ4v) is 1.06. The van der Waals surface area contributed by atoms with Gasteiger partial charge in [0.05, 0.1) is 18.8 Å². The van der Waals surface area contributed by atoms with Gasteiger partial charge in [0.25, 0.3) is 0 Å². The molecule has 0 saturated heterocycles. The Bertz CT molecular complexity index is 336. The van der Waals surface area contributed by atoms with Crippen molar-refractivity contribution in [3.8, 4) is 0 Å². The summed E-state index contributed by atoms with van der Waals surface area (Å²) in [5.41, 5.74) is 0. The minimum absolute atomic E-state index is 0.157. The van der Waals surface area contributed by atoms with Crippen molar-refractivity contribution in [1.82, 2.24) is 4.98 Å². The van der Waals surface area contributed by atoms with Crippen molar-refractivity contribution < 1.29 is 9.53 Å². The Labute approximate surface area is 89.0 Å². The summed E-state index contributed by atoms with van der Waals surface area (Å²) in [6, 6.07) is 5.32. The largest absolute Gasteiger partial charge is 0.498 e. The van der Waals surface area contributed by atoms with E-state index in [0.717, 1.165) is 0 Å². The van der Waals surface area contributed by atoms with Crippen molar-refractivity contribution in [2.75, 3.05) is 11.9 Å². The molecule has 0 atom stereocenters. The lowest BCUT2D eigenvalue weighted by atomic mass is 10.3. The predicted octanol–water partition coefficient (Wildman–Crippen LogP) is 1.96. The van der Waals surface area contributed by atoms with Crippen molar-refractivity contribution in [3.05, 3.63) is 36.7 Å². The van der Waals surface area contributed by atoms with Gasteiger partial charge in [-0.3, -0.25) is 4.79 Å². The van der Waals surface area contributed by atoms with Gasteiger partial charge in [-0.05, 0) is 19.1 Å². The van der Waals surface area contributed by atoms with Crippen molar-refractivity contribution in [1.29, 1.82) is 0 Å². The second-order valence-corrected chi connectivity index (χ2v) is 2.91. The number of carbonyl (C=O) groups is 1.